The molecule has 0 aliphatic carbocycles. The second kappa shape index (κ2) is 7.30. The molecule has 1 fully saturated rings. The van der Waals surface area contributed by atoms with E-state index < -0.39 is 0 Å². The molecule has 1 atom stereocenters. The molecule has 3 rings (SSSR count). The molecule has 1 amide bonds. The summed E-state index contributed by atoms with van der Waals surface area (Å²) in [5, 5.41) is 10.6. The maximum absolute atomic E-state index is 12.2. The molecular weight excluding hydrogens is 324 g/mol. The first-order valence-electron chi connectivity index (χ1n) is 8.30. The van der Waals surface area contributed by atoms with Crippen LogP contribution in [0, 0.1) is 5.92 Å². The number of hydrogen-bond donors (Lipinski definition) is 1. The predicted octanol–water partition coefficient (Wildman–Crippen LogP) is 3.49. The van der Waals surface area contributed by atoms with E-state index in [9.17, 15) is 9.90 Å². The standard InChI is InChI=1S/C18H22N2O3S/c1-3-23-15-9-13(6-7-14(15)21)10-16-17(22)19-18(24-16)20-8-4-5-12(2)11-20/h6-7,9-10,12,21H,3-5,8,11H2,1-2H3/b16-10-/t12-/m1/s1. The number of rotatable bonds is 3. The number of phenolic OH excluding ortho intramolecular Hbond substituents is 1. The van der Waals surface area contributed by atoms with Gasteiger partial charge < -0.3 is 14.7 Å². The van der Waals surface area contributed by atoms with Crippen LogP contribution >= 0.6 is 11.8 Å². The van der Waals surface area contributed by atoms with Gasteiger partial charge in [-0.2, -0.15) is 4.99 Å². The third-order valence-corrected chi connectivity index (χ3v) is 5.16. The lowest BCUT2D eigenvalue weighted by atomic mass is 10.0. The SMILES string of the molecule is CCOc1cc(/C=C2\SC(N3CCC[C@@H](C)C3)=NC2=O)ccc1O. The average Bonchev–Trinajstić information content (AvgIpc) is 2.92. The molecule has 1 aromatic carbocycles. The van der Waals surface area contributed by atoms with Crippen LogP contribution in [-0.4, -0.2) is 40.8 Å². The van der Waals surface area contributed by atoms with Crippen LogP contribution in [0.25, 0.3) is 6.08 Å². The third kappa shape index (κ3) is 3.75. The number of aromatic hydroxyl groups is 1. The smallest absolute Gasteiger partial charge is 0.286 e. The van der Waals surface area contributed by atoms with Gasteiger partial charge in [-0.15, -0.1) is 0 Å². The summed E-state index contributed by atoms with van der Waals surface area (Å²) >= 11 is 1.43. The van der Waals surface area contributed by atoms with E-state index in [4.69, 9.17) is 4.74 Å². The molecule has 0 bridgehead atoms. The van der Waals surface area contributed by atoms with Crippen molar-refractivity contribution < 1.29 is 14.6 Å². The molecule has 24 heavy (non-hydrogen) atoms. The van der Waals surface area contributed by atoms with Crippen molar-refractivity contribution >= 4 is 28.9 Å². The summed E-state index contributed by atoms with van der Waals surface area (Å²) in [6, 6.07) is 5.08. The molecule has 0 saturated carbocycles. The van der Waals surface area contributed by atoms with Crippen molar-refractivity contribution in [2.75, 3.05) is 19.7 Å². The van der Waals surface area contributed by atoms with Crippen LogP contribution in [0.15, 0.2) is 28.1 Å². The molecule has 0 unspecified atom stereocenters. The van der Waals surface area contributed by atoms with E-state index in [1.54, 1.807) is 24.3 Å². The lowest BCUT2D eigenvalue weighted by molar-refractivity contribution is -0.113. The third-order valence-electron chi connectivity index (χ3n) is 4.12. The Balaban J connectivity index is 1.75. The van der Waals surface area contributed by atoms with Crippen LogP contribution in [0.1, 0.15) is 32.3 Å². The van der Waals surface area contributed by atoms with E-state index in [1.807, 2.05) is 6.92 Å². The first-order chi connectivity index (χ1) is 11.6. The molecule has 1 saturated heterocycles. The van der Waals surface area contributed by atoms with Crippen LogP contribution in [-0.2, 0) is 4.79 Å². The van der Waals surface area contributed by atoms with Gasteiger partial charge in [-0.25, -0.2) is 0 Å². The van der Waals surface area contributed by atoms with Gasteiger partial charge in [-0.1, -0.05) is 13.0 Å². The second-order valence-corrected chi connectivity index (χ2v) is 7.17. The quantitative estimate of drug-likeness (QED) is 0.849. The Morgan fingerprint density at radius 1 is 1.50 bits per heavy atom. The molecule has 5 nitrogen and oxygen atoms in total. The molecular formula is C18H22N2O3S. The fourth-order valence-electron chi connectivity index (χ4n) is 2.94. The highest BCUT2D eigenvalue weighted by molar-refractivity contribution is 8.18. The highest BCUT2D eigenvalue weighted by Gasteiger charge is 2.28. The van der Waals surface area contributed by atoms with Crippen molar-refractivity contribution in [3.05, 3.63) is 28.7 Å². The van der Waals surface area contributed by atoms with Gasteiger partial charge in [-0.3, -0.25) is 4.79 Å². The highest BCUT2D eigenvalue weighted by atomic mass is 32.2. The van der Waals surface area contributed by atoms with Gasteiger partial charge in [0.2, 0.25) is 0 Å². The Labute approximate surface area is 146 Å². The highest BCUT2D eigenvalue weighted by Crippen LogP contribution is 2.34. The Hall–Kier alpha value is -1.95. The zero-order valence-corrected chi connectivity index (χ0v) is 14.8. The topological polar surface area (TPSA) is 62.1 Å². The maximum atomic E-state index is 12.2. The fraction of sp³-hybridized carbons (Fsp3) is 0.444. The number of amidine groups is 1. The molecule has 2 heterocycles. The van der Waals surface area contributed by atoms with Gasteiger partial charge in [0.15, 0.2) is 16.7 Å². The molecule has 0 aromatic heterocycles. The number of piperidine rings is 1. The number of aliphatic imine (C=N–C) groups is 1. The van der Waals surface area contributed by atoms with Crippen LogP contribution in [0.3, 0.4) is 0 Å². The van der Waals surface area contributed by atoms with Crippen molar-refractivity contribution in [2.24, 2.45) is 10.9 Å². The van der Waals surface area contributed by atoms with E-state index >= 15 is 0 Å². The second-order valence-electron chi connectivity index (χ2n) is 6.16. The number of carbonyl (C=O) groups excluding carboxylic acids is 1. The van der Waals surface area contributed by atoms with Crippen molar-refractivity contribution in [1.82, 2.24) is 4.90 Å². The van der Waals surface area contributed by atoms with Crippen LogP contribution in [0.4, 0.5) is 0 Å². The van der Waals surface area contributed by atoms with Gasteiger partial charge in [0.05, 0.1) is 11.5 Å². The summed E-state index contributed by atoms with van der Waals surface area (Å²) in [5.74, 6) is 0.965. The van der Waals surface area contributed by atoms with Gasteiger partial charge >= 0.3 is 0 Å². The number of likely N-dealkylation sites (tertiary alicyclic amines) is 1. The van der Waals surface area contributed by atoms with Crippen molar-refractivity contribution in [3.63, 3.8) is 0 Å². The van der Waals surface area contributed by atoms with Crippen LogP contribution in [0.2, 0.25) is 0 Å². The van der Waals surface area contributed by atoms with Gasteiger partial charge in [0, 0.05) is 13.1 Å². The Bertz CT molecular complexity index is 700. The van der Waals surface area contributed by atoms with Gasteiger partial charge in [0.25, 0.3) is 5.91 Å². The monoisotopic (exact) mass is 346 g/mol. The first-order valence-corrected chi connectivity index (χ1v) is 9.11. The van der Waals surface area contributed by atoms with Crippen molar-refractivity contribution in [2.45, 2.75) is 26.7 Å². The summed E-state index contributed by atoms with van der Waals surface area (Å²) in [6.07, 6.45) is 4.18. The molecule has 2 aliphatic rings. The van der Waals surface area contributed by atoms with E-state index in [0.29, 0.717) is 23.2 Å². The number of thioether (sulfide) groups is 1. The number of phenols is 1. The van der Waals surface area contributed by atoms with Gasteiger partial charge in [-0.05, 0) is 61.2 Å². The minimum atomic E-state index is -0.195. The molecule has 128 valence electrons. The molecule has 0 radical (unpaired) electrons. The van der Waals surface area contributed by atoms with E-state index in [0.717, 1.165) is 30.2 Å². The minimum Gasteiger partial charge on any atom is -0.504 e. The largest absolute Gasteiger partial charge is 0.504 e. The van der Waals surface area contributed by atoms with Crippen molar-refractivity contribution in [3.8, 4) is 11.5 Å². The number of nitrogens with zero attached hydrogens (tertiary/aromatic N) is 2. The first kappa shape index (κ1) is 16.9. The summed E-state index contributed by atoms with van der Waals surface area (Å²) in [5.41, 5.74) is 0.815. The minimum absolute atomic E-state index is 0.101. The van der Waals surface area contributed by atoms with Gasteiger partial charge in [0.1, 0.15) is 0 Å². The molecule has 1 aromatic rings. The number of hydrogen-bond acceptors (Lipinski definition) is 5. The zero-order valence-electron chi connectivity index (χ0n) is 14.0. The van der Waals surface area contributed by atoms with Crippen LogP contribution in [0.5, 0.6) is 11.5 Å². The summed E-state index contributed by atoms with van der Waals surface area (Å²) < 4.78 is 5.39. The Kier molecular flexibility index (Phi) is 5.14. The molecule has 2 aliphatic heterocycles. The fourth-order valence-corrected chi connectivity index (χ4v) is 3.89. The van der Waals surface area contributed by atoms with E-state index in [2.05, 4.69) is 16.8 Å². The number of amides is 1. The molecule has 1 N–H and O–H groups in total. The molecule has 6 heteroatoms. The summed E-state index contributed by atoms with van der Waals surface area (Å²) in [7, 11) is 0. The zero-order chi connectivity index (χ0) is 17.1. The lowest BCUT2D eigenvalue weighted by Gasteiger charge is -2.31. The lowest BCUT2D eigenvalue weighted by Crippen LogP contribution is -2.37. The average molecular weight is 346 g/mol. The molecule has 0 spiro atoms. The number of ether oxygens (including phenoxy) is 1. The van der Waals surface area contributed by atoms with Crippen molar-refractivity contribution in [1.29, 1.82) is 0 Å². The number of benzene rings is 1. The predicted molar refractivity (Wildman–Crippen MR) is 97.3 cm³/mol. The van der Waals surface area contributed by atoms with E-state index in [1.165, 1.54) is 18.2 Å². The Morgan fingerprint density at radius 3 is 3.08 bits per heavy atom. The Morgan fingerprint density at radius 2 is 2.33 bits per heavy atom. The normalized spacial score (nSPS) is 22.8. The summed E-state index contributed by atoms with van der Waals surface area (Å²) in [4.78, 5) is 19.2. The number of carbonyl (C=O) groups is 1. The van der Waals surface area contributed by atoms with E-state index in [-0.39, 0.29) is 11.7 Å². The summed E-state index contributed by atoms with van der Waals surface area (Å²) in [6.45, 7) is 6.49. The maximum Gasteiger partial charge on any atom is 0.286 e. The van der Waals surface area contributed by atoms with Crippen LogP contribution < -0.4 is 4.74 Å².